The third kappa shape index (κ3) is 2.83. The van der Waals surface area contributed by atoms with Crippen molar-refractivity contribution < 1.29 is 0 Å². The molecule has 0 amide bonds. The average Bonchev–Trinajstić information content (AvgIpc) is 1.37. The average molecular weight is 111 g/mol. The zero-order valence-electron chi connectivity index (χ0n) is 1.84. The van der Waals surface area contributed by atoms with Gasteiger partial charge in [0.15, 0.2) is 0 Å². The minimum Gasteiger partial charge on any atom is -0.269 e. The van der Waals surface area contributed by atoms with Gasteiger partial charge < -0.3 is 0 Å². The van der Waals surface area contributed by atoms with E-state index in [1.807, 2.05) is 0 Å². The number of nitrogens with two attached hydrogens (primary N) is 1. The Kier molecular flexibility index (Phi) is 4.62. The molecule has 0 aromatic rings. The second-order valence-corrected chi connectivity index (χ2v) is 2.96. The molecule has 0 aliphatic carbocycles. The lowest BCUT2D eigenvalue weighted by atomic mass is 14.0. The zero-order chi connectivity index (χ0) is 3.41. The fraction of sp³-hybridized carbons (Fsp3) is 0. The van der Waals surface area contributed by atoms with E-state index in [2.05, 4.69) is 11.8 Å². The third-order valence-corrected chi connectivity index (χ3v) is 1.16. The normalized spacial score (nSPS) is 8.25. The minimum atomic E-state index is 0.776. The van der Waals surface area contributed by atoms with Crippen molar-refractivity contribution in [1.29, 1.82) is 0 Å². The summed E-state index contributed by atoms with van der Waals surface area (Å²) in [7, 11) is 0. The first-order valence-electron chi connectivity index (χ1n) is 0.601. The molecule has 0 spiro atoms. The molecule has 0 radical (unpaired) electrons. The predicted octanol–water partition coefficient (Wildman–Crippen LogP) is 0.916. The Morgan fingerprint density at radius 2 is 2.25 bits per heavy atom. The maximum Gasteiger partial charge on any atom is 0.0595 e. The molecule has 0 fully saturated rings. The van der Waals surface area contributed by atoms with Crippen LogP contribution in [0.25, 0.3) is 0 Å². The Balaban J connectivity index is 2.30. The SMILES string of the molecule is NSP=S. The van der Waals surface area contributed by atoms with Crippen LogP contribution in [-0.2, 0) is 11.8 Å². The highest BCUT2D eigenvalue weighted by Crippen LogP contribution is 2.04. The van der Waals surface area contributed by atoms with Crippen LogP contribution in [0.4, 0.5) is 0 Å². The molecule has 0 unspecified atom stereocenters. The van der Waals surface area contributed by atoms with E-state index in [-0.39, 0.29) is 0 Å². The van der Waals surface area contributed by atoms with Gasteiger partial charge in [-0.1, -0.05) is 0 Å². The van der Waals surface area contributed by atoms with Crippen molar-refractivity contribution in [3.8, 4) is 0 Å². The van der Waals surface area contributed by atoms with Gasteiger partial charge in [0, 0.05) is 0 Å². The molecule has 0 aromatic carbocycles. The van der Waals surface area contributed by atoms with Crippen LogP contribution in [0.2, 0.25) is 0 Å². The molecular weight excluding hydrogens is 109 g/mol. The summed E-state index contributed by atoms with van der Waals surface area (Å²) in [6.07, 6.45) is 0. The van der Waals surface area contributed by atoms with Crippen molar-refractivity contribution in [2.75, 3.05) is 0 Å². The molecule has 1 nitrogen and oxygen atoms in total. The van der Waals surface area contributed by atoms with Gasteiger partial charge in [-0.2, -0.15) is 0 Å². The Morgan fingerprint density at radius 3 is 2.25 bits per heavy atom. The molecule has 24 valence electrons. The van der Waals surface area contributed by atoms with Gasteiger partial charge in [-0.15, -0.1) is 0 Å². The van der Waals surface area contributed by atoms with Crippen LogP contribution in [0, 0.1) is 0 Å². The summed E-state index contributed by atoms with van der Waals surface area (Å²) in [6.45, 7) is 0.776. The van der Waals surface area contributed by atoms with Gasteiger partial charge in [0.1, 0.15) is 0 Å². The summed E-state index contributed by atoms with van der Waals surface area (Å²) in [5, 5.41) is 4.83. The van der Waals surface area contributed by atoms with Gasteiger partial charge >= 0.3 is 0 Å². The number of hydrogen-bond acceptors (Lipinski definition) is 3. The van der Waals surface area contributed by atoms with Crippen molar-refractivity contribution in [2.24, 2.45) is 5.14 Å². The van der Waals surface area contributed by atoms with Crippen molar-refractivity contribution >= 4 is 29.9 Å². The molecular formula is H2NPS2. The first-order chi connectivity index (χ1) is 1.91. The Morgan fingerprint density at radius 1 is 2.00 bits per heavy atom. The topological polar surface area (TPSA) is 26.0 Å². The van der Waals surface area contributed by atoms with Gasteiger partial charge in [0.25, 0.3) is 0 Å². The van der Waals surface area contributed by atoms with Gasteiger partial charge in [-0.05, 0) is 23.4 Å². The molecule has 4 heteroatoms. The highest BCUT2D eigenvalue weighted by molar-refractivity contribution is 8.57. The van der Waals surface area contributed by atoms with E-state index in [0.717, 1.165) is 18.1 Å². The summed E-state index contributed by atoms with van der Waals surface area (Å²) < 4.78 is 0. The molecule has 0 aromatic heterocycles. The molecule has 4 heavy (non-hydrogen) atoms. The van der Waals surface area contributed by atoms with Crippen molar-refractivity contribution in [3.63, 3.8) is 0 Å². The Labute approximate surface area is 35.7 Å². The second-order valence-electron chi connectivity index (χ2n) is 0.180. The first-order valence-corrected chi connectivity index (χ1v) is 3.99. The van der Waals surface area contributed by atoms with Crippen LogP contribution in [0.3, 0.4) is 0 Å². The standard InChI is InChI=1S/H2NPS2/c1-4-2-3/h1H2. The number of hydrogen-bond donors (Lipinski definition) is 1. The van der Waals surface area contributed by atoms with Gasteiger partial charge in [-0.3, -0.25) is 5.14 Å². The first kappa shape index (κ1) is 4.83. The van der Waals surface area contributed by atoms with E-state index < -0.39 is 0 Å². The van der Waals surface area contributed by atoms with Crippen molar-refractivity contribution in [3.05, 3.63) is 0 Å². The maximum absolute atomic E-state index is 4.83. The lowest BCUT2D eigenvalue weighted by molar-refractivity contribution is 2.07. The molecule has 0 aliphatic heterocycles. The molecule has 0 aliphatic rings. The molecule has 0 saturated heterocycles. The fourth-order valence-corrected chi connectivity index (χ4v) is 0. The largest absolute Gasteiger partial charge is 0.269 e. The van der Waals surface area contributed by atoms with Crippen molar-refractivity contribution in [2.45, 2.75) is 0 Å². The molecule has 0 bridgehead atoms. The van der Waals surface area contributed by atoms with Crippen LogP contribution in [0.5, 0.6) is 0 Å². The number of rotatable bonds is 1. The monoisotopic (exact) mass is 111 g/mol. The molecule has 0 atom stereocenters. The van der Waals surface area contributed by atoms with E-state index in [1.54, 1.807) is 0 Å². The molecule has 0 heterocycles. The summed E-state index contributed by atoms with van der Waals surface area (Å²) in [6, 6.07) is 0. The third-order valence-electron chi connectivity index (χ3n) is 0.0430. The minimum absolute atomic E-state index is 0.776. The lowest BCUT2D eigenvalue weighted by Crippen LogP contribution is -1.59. The van der Waals surface area contributed by atoms with Crippen LogP contribution in [0.1, 0.15) is 0 Å². The second kappa shape index (κ2) is 3.83. The highest BCUT2D eigenvalue weighted by Gasteiger charge is 1.48. The Bertz CT molecular complexity index is 20.0. The van der Waals surface area contributed by atoms with Gasteiger partial charge in [0.05, 0.1) is 6.56 Å². The van der Waals surface area contributed by atoms with Crippen LogP contribution in [0.15, 0.2) is 0 Å². The van der Waals surface area contributed by atoms with E-state index in [0.29, 0.717) is 0 Å². The van der Waals surface area contributed by atoms with E-state index >= 15 is 0 Å². The molecule has 2 N–H and O–H groups in total. The quantitative estimate of drug-likeness (QED) is 0.402. The lowest BCUT2D eigenvalue weighted by Gasteiger charge is -1.56. The smallest absolute Gasteiger partial charge is 0.0595 e. The van der Waals surface area contributed by atoms with Crippen LogP contribution >= 0.6 is 18.1 Å². The zero-order valence-corrected chi connectivity index (χ0v) is 4.37. The van der Waals surface area contributed by atoms with Crippen LogP contribution in [-0.4, -0.2) is 0 Å². The predicted molar refractivity (Wildman–Crippen MR) is 26.1 cm³/mol. The molecule has 0 saturated carbocycles. The summed E-state index contributed by atoms with van der Waals surface area (Å²) in [5.41, 5.74) is 0. The van der Waals surface area contributed by atoms with Gasteiger partial charge in [-0.25, -0.2) is 0 Å². The van der Waals surface area contributed by atoms with Crippen molar-refractivity contribution in [1.82, 2.24) is 0 Å². The Hall–Kier alpha value is 0.830. The summed E-state index contributed by atoms with van der Waals surface area (Å²) in [4.78, 5) is 0. The van der Waals surface area contributed by atoms with E-state index in [4.69, 9.17) is 5.14 Å². The maximum atomic E-state index is 4.83. The summed E-state index contributed by atoms with van der Waals surface area (Å²) >= 11 is 5.51. The fourth-order valence-electron chi connectivity index (χ4n) is 0. The van der Waals surface area contributed by atoms with E-state index in [9.17, 15) is 0 Å². The van der Waals surface area contributed by atoms with Gasteiger partial charge in [0.2, 0.25) is 0 Å². The highest BCUT2D eigenvalue weighted by atomic mass is 32.9. The summed E-state index contributed by atoms with van der Waals surface area (Å²) in [5.74, 6) is 0. The molecule has 0 rings (SSSR count). The van der Waals surface area contributed by atoms with E-state index in [1.165, 1.54) is 0 Å². The van der Waals surface area contributed by atoms with Crippen LogP contribution < -0.4 is 5.14 Å².